The minimum atomic E-state index is 0.0334. The van der Waals surface area contributed by atoms with Crippen LogP contribution in [0.15, 0.2) is 36.4 Å². The molecular formula is C15H14Cl3NO. The first kappa shape index (κ1) is 15.5. The van der Waals surface area contributed by atoms with Crippen LogP contribution in [0.2, 0.25) is 15.1 Å². The van der Waals surface area contributed by atoms with Gasteiger partial charge in [-0.05, 0) is 36.2 Å². The van der Waals surface area contributed by atoms with Gasteiger partial charge in [0.1, 0.15) is 5.75 Å². The van der Waals surface area contributed by atoms with E-state index in [4.69, 9.17) is 34.8 Å². The van der Waals surface area contributed by atoms with Gasteiger partial charge in [-0.25, -0.2) is 0 Å². The van der Waals surface area contributed by atoms with Gasteiger partial charge < -0.3 is 10.4 Å². The normalized spacial score (nSPS) is 12.4. The van der Waals surface area contributed by atoms with Crippen LogP contribution in [0.4, 0.5) is 0 Å². The molecule has 0 saturated heterocycles. The van der Waals surface area contributed by atoms with Crippen molar-refractivity contribution >= 4 is 34.8 Å². The number of hydrogen-bond donors (Lipinski definition) is 2. The van der Waals surface area contributed by atoms with Crippen molar-refractivity contribution in [2.24, 2.45) is 0 Å². The van der Waals surface area contributed by atoms with Gasteiger partial charge >= 0.3 is 0 Å². The molecule has 0 aliphatic carbocycles. The predicted octanol–water partition coefficient (Wildman–Crippen LogP) is 5.20. The molecule has 0 bridgehead atoms. The lowest BCUT2D eigenvalue weighted by atomic mass is 10.1. The molecule has 0 aliphatic rings. The molecule has 0 spiro atoms. The van der Waals surface area contributed by atoms with E-state index in [9.17, 15) is 5.11 Å². The molecule has 0 fully saturated rings. The summed E-state index contributed by atoms with van der Waals surface area (Å²) in [7, 11) is 0. The Morgan fingerprint density at radius 3 is 2.30 bits per heavy atom. The minimum absolute atomic E-state index is 0.0334. The van der Waals surface area contributed by atoms with E-state index in [1.165, 1.54) is 0 Å². The van der Waals surface area contributed by atoms with E-state index in [0.29, 0.717) is 21.6 Å². The maximum Gasteiger partial charge on any atom is 0.115 e. The van der Waals surface area contributed by atoms with Crippen LogP contribution in [0, 0.1) is 0 Å². The fourth-order valence-electron chi connectivity index (χ4n) is 1.87. The predicted molar refractivity (Wildman–Crippen MR) is 84.8 cm³/mol. The van der Waals surface area contributed by atoms with Crippen LogP contribution >= 0.6 is 34.8 Å². The van der Waals surface area contributed by atoms with Gasteiger partial charge in [0.25, 0.3) is 0 Å². The highest BCUT2D eigenvalue weighted by Crippen LogP contribution is 2.35. The fourth-order valence-corrected chi connectivity index (χ4v) is 2.58. The standard InChI is InChI=1S/C15H14Cl3NO/c1-9(12-6-7-13(16)15(18)14(12)17)19-8-10-2-4-11(20)5-3-10/h2-7,9,19-20H,8H2,1H3. The Bertz CT molecular complexity index is 599. The molecule has 2 aromatic rings. The number of nitrogens with one attached hydrogen (secondary N) is 1. The topological polar surface area (TPSA) is 32.3 Å². The summed E-state index contributed by atoms with van der Waals surface area (Å²) in [5.41, 5.74) is 1.98. The van der Waals surface area contributed by atoms with Crippen molar-refractivity contribution in [1.29, 1.82) is 0 Å². The average Bonchev–Trinajstić information content (AvgIpc) is 2.44. The zero-order valence-electron chi connectivity index (χ0n) is 10.8. The molecule has 1 atom stereocenters. The Kier molecular flexibility index (Phi) is 5.17. The molecule has 0 amide bonds. The molecule has 106 valence electrons. The number of halogens is 3. The molecule has 2 nitrogen and oxygen atoms in total. The van der Waals surface area contributed by atoms with E-state index >= 15 is 0 Å². The van der Waals surface area contributed by atoms with Crippen LogP contribution in [0.3, 0.4) is 0 Å². The summed E-state index contributed by atoms with van der Waals surface area (Å²) < 4.78 is 0. The lowest BCUT2D eigenvalue weighted by molar-refractivity contribution is 0.474. The summed E-state index contributed by atoms with van der Waals surface area (Å²) in [6.07, 6.45) is 0. The van der Waals surface area contributed by atoms with Gasteiger partial charge in [0.15, 0.2) is 0 Å². The van der Waals surface area contributed by atoms with Gasteiger partial charge in [-0.15, -0.1) is 0 Å². The Morgan fingerprint density at radius 1 is 1.00 bits per heavy atom. The highest BCUT2D eigenvalue weighted by Gasteiger charge is 2.13. The van der Waals surface area contributed by atoms with E-state index in [1.807, 2.05) is 25.1 Å². The SMILES string of the molecule is CC(NCc1ccc(O)cc1)c1ccc(Cl)c(Cl)c1Cl. The van der Waals surface area contributed by atoms with E-state index in [1.54, 1.807) is 18.2 Å². The van der Waals surface area contributed by atoms with Gasteiger partial charge in [-0.2, -0.15) is 0 Å². The second-order valence-electron chi connectivity index (χ2n) is 4.53. The van der Waals surface area contributed by atoms with Crippen LogP contribution < -0.4 is 5.32 Å². The van der Waals surface area contributed by atoms with Gasteiger partial charge in [0.05, 0.1) is 15.1 Å². The largest absolute Gasteiger partial charge is 0.508 e. The number of hydrogen-bond acceptors (Lipinski definition) is 2. The van der Waals surface area contributed by atoms with E-state index < -0.39 is 0 Å². The average molecular weight is 331 g/mol. The van der Waals surface area contributed by atoms with Gasteiger partial charge in [-0.3, -0.25) is 0 Å². The van der Waals surface area contributed by atoms with Crippen molar-refractivity contribution in [2.75, 3.05) is 0 Å². The van der Waals surface area contributed by atoms with Crippen LogP contribution in [-0.4, -0.2) is 5.11 Å². The molecule has 5 heteroatoms. The van der Waals surface area contributed by atoms with Gasteiger partial charge in [0.2, 0.25) is 0 Å². The third kappa shape index (κ3) is 3.58. The molecule has 0 saturated carbocycles. The van der Waals surface area contributed by atoms with Crippen LogP contribution in [0.5, 0.6) is 5.75 Å². The Morgan fingerprint density at radius 2 is 1.65 bits per heavy atom. The molecule has 0 heterocycles. The number of aromatic hydroxyl groups is 1. The summed E-state index contributed by atoms with van der Waals surface area (Å²) in [4.78, 5) is 0. The summed E-state index contributed by atoms with van der Waals surface area (Å²) >= 11 is 18.2. The van der Waals surface area contributed by atoms with Crippen LogP contribution in [0.25, 0.3) is 0 Å². The van der Waals surface area contributed by atoms with E-state index in [2.05, 4.69) is 5.32 Å². The van der Waals surface area contributed by atoms with Crippen LogP contribution in [0.1, 0.15) is 24.1 Å². The summed E-state index contributed by atoms with van der Waals surface area (Å²) in [5, 5.41) is 13.9. The molecule has 0 aliphatic heterocycles. The number of phenols is 1. The fraction of sp³-hybridized carbons (Fsp3) is 0.200. The zero-order valence-corrected chi connectivity index (χ0v) is 13.1. The van der Waals surface area contributed by atoms with Crippen molar-refractivity contribution in [3.63, 3.8) is 0 Å². The molecular weight excluding hydrogens is 317 g/mol. The molecule has 1 unspecified atom stereocenters. The highest BCUT2D eigenvalue weighted by atomic mass is 35.5. The summed E-state index contributed by atoms with van der Waals surface area (Å²) in [5.74, 6) is 0.259. The number of benzene rings is 2. The lowest BCUT2D eigenvalue weighted by Gasteiger charge is -2.17. The zero-order chi connectivity index (χ0) is 14.7. The molecule has 0 aromatic heterocycles. The second kappa shape index (κ2) is 6.68. The molecule has 2 N–H and O–H groups in total. The highest BCUT2D eigenvalue weighted by molar-refractivity contribution is 6.48. The smallest absolute Gasteiger partial charge is 0.115 e. The minimum Gasteiger partial charge on any atom is -0.508 e. The molecule has 0 radical (unpaired) electrons. The molecule has 20 heavy (non-hydrogen) atoms. The maximum absolute atomic E-state index is 9.24. The second-order valence-corrected chi connectivity index (χ2v) is 5.70. The lowest BCUT2D eigenvalue weighted by Crippen LogP contribution is -2.18. The van der Waals surface area contributed by atoms with Crippen molar-refractivity contribution in [3.8, 4) is 5.75 Å². The van der Waals surface area contributed by atoms with Crippen molar-refractivity contribution in [2.45, 2.75) is 19.5 Å². The van der Waals surface area contributed by atoms with Crippen molar-refractivity contribution < 1.29 is 5.11 Å². The Hall–Kier alpha value is -0.930. The molecule has 2 rings (SSSR count). The third-order valence-electron chi connectivity index (χ3n) is 3.08. The maximum atomic E-state index is 9.24. The van der Waals surface area contributed by atoms with E-state index in [0.717, 1.165) is 11.1 Å². The molecule has 2 aromatic carbocycles. The number of rotatable bonds is 4. The van der Waals surface area contributed by atoms with E-state index in [-0.39, 0.29) is 11.8 Å². The summed E-state index contributed by atoms with van der Waals surface area (Å²) in [6.45, 7) is 2.67. The first-order chi connectivity index (χ1) is 9.49. The number of phenolic OH excluding ortho intramolecular Hbond substituents is 1. The van der Waals surface area contributed by atoms with Crippen molar-refractivity contribution in [3.05, 3.63) is 62.6 Å². The van der Waals surface area contributed by atoms with Gasteiger partial charge in [-0.1, -0.05) is 53.0 Å². The quantitative estimate of drug-likeness (QED) is 0.755. The monoisotopic (exact) mass is 329 g/mol. The van der Waals surface area contributed by atoms with Gasteiger partial charge in [0, 0.05) is 12.6 Å². The first-order valence-corrected chi connectivity index (χ1v) is 7.27. The summed E-state index contributed by atoms with van der Waals surface area (Å²) in [6, 6.07) is 10.7. The Labute approximate surface area is 133 Å². The first-order valence-electron chi connectivity index (χ1n) is 6.13. The third-order valence-corrected chi connectivity index (χ3v) is 4.39. The van der Waals surface area contributed by atoms with Crippen molar-refractivity contribution in [1.82, 2.24) is 5.32 Å². The Balaban J connectivity index is 2.07. The van der Waals surface area contributed by atoms with Crippen LogP contribution in [-0.2, 0) is 6.54 Å².